The number of ether oxygens (including phenoxy) is 1. The van der Waals surface area contributed by atoms with Gasteiger partial charge in [0.25, 0.3) is 5.91 Å². The molecule has 2 rings (SSSR count). The molecule has 0 saturated heterocycles. The molecule has 0 aliphatic heterocycles. The molecule has 0 heterocycles. The minimum Gasteiger partial charge on any atom is -0.497 e. The first-order valence-corrected chi connectivity index (χ1v) is 10.1. The highest BCUT2D eigenvalue weighted by Gasteiger charge is 2.21. The summed E-state index contributed by atoms with van der Waals surface area (Å²) < 4.78 is 46.4. The standard InChI is InChI=1S/C19H22FN3O5S/c1-11(2)23-29(26,27)14-6-7-16(20)15(10-14)19(25)22-18-9-13(28-4)5-8-17(18)21-12(3)24/h5-11,23H,1-4H3,(H,21,24)(H,22,25). The van der Waals surface area contributed by atoms with E-state index in [4.69, 9.17) is 4.74 Å². The van der Waals surface area contributed by atoms with Gasteiger partial charge in [0.05, 0.1) is 28.9 Å². The van der Waals surface area contributed by atoms with E-state index in [2.05, 4.69) is 15.4 Å². The Morgan fingerprint density at radius 3 is 2.31 bits per heavy atom. The summed E-state index contributed by atoms with van der Waals surface area (Å²) in [6.07, 6.45) is 0. The van der Waals surface area contributed by atoms with E-state index in [1.165, 1.54) is 26.2 Å². The largest absolute Gasteiger partial charge is 0.497 e. The third-order valence-corrected chi connectivity index (χ3v) is 5.33. The molecular weight excluding hydrogens is 401 g/mol. The zero-order valence-corrected chi connectivity index (χ0v) is 17.2. The minimum atomic E-state index is -3.91. The van der Waals surface area contributed by atoms with Crippen molar-refractivity contribution in [1.82, 2.24) is 4.72 Å². The Labute approximate surface area is 168 Å². The summed E-state index contributed by atoms with van der Waals surface area (Å²) in [5.41, 5.74) is -0.0250. The predicted molar refractivity (Wildman–Crippen MR) is 107 cm³/mol. The number of hydrogen-bond donors (Lipinski definition) is 3. The number of halogens is 1. The lowest BCUT2D eigenvalue weighted by molar-refractivity contribution is -0.114. The van der Waals surface area contributed by atoms with Crippen LogP contribution in [0.3, 0.4) is 0 Å². The third-order valence-electron chi connectivity index (χ3n) is 3.67. The smallest absolute Gasteiger partial charge is 0.258 e. The molecule has 2 aromatic carbocycles. The molecule has 0 atom stereocenters. The first-order valence-electron chi connectivity index (χ1n) is 8.62. The van der Waals surface area contributed by atoms with Gasteiger partial charge in [-0.15, -0.1) is 0 Å². The van der Waals surface area contributed by atoms with E-state index in [1.54, 1.807) is 19.9 Å². The van der Waals surface area contributed by atoms with E-state index in [9.17, 15) is 22.4 Å². The van der Waals surface area contributed by atoms with Crippen LogP contribution < -0.4 is 20.1 Å². The molecule has 0 aromatic heterocycles. The quantitative estimate of drug-likeness (QED) is 0.634. The molecular formula is C19H22FN3O5S. The number of benzene rings is 2. The first kappa shape index (κ1) is 22.3. The van der Waals surface area contributed by atoms with Gasteiger partial charge in [-0.2, -0.15) is 0 Å². The van der Waals surface area contributed by atoms with E-state index >= 15 is 0 Å². The van der Waals surface area contributed by atoms with Crippen molar-refractivity contribution >= 4 is 33.2 Å². The van der Waals surface area contributed by atoms with Crippen LogP contribution in [0.2, 0.25) is 0 Å². The maximum Gasteiger partial charge on any atom is 0.258 e. The van der Waals surface area contributed by atoms with Crippen molar-refractivity contribution < 1.29 is 27.1 Å². The Hall–Kier alpha value is -2.98. The Bertz CT molecular complexity index is 1040. The molecule has 0 bridgehead atoms. The monoisotopic (exact) mass is 423 g/mol. The highest BCUT2D eigenvalue weighted by Crippen LogP contribution is 2.28. The average Bonchev–Trinajstić information content (AvgIpc) is 2.61. The van der Waals surface area contributed by atoms with Gasteiger partial charge in [0.15, 0.2) is 0 Å². The molecule has 156 valence electrons. The first-order chi connectivity index (χ1) is 13.5. The fourth-order valence-corrected chi connectivity index (χ4v) is 3.74. The number of hydrogen-bond acceptors (Lipinski definition) is 5. The molecule has 0 aliphatic rings. The Morgan fingerprint density at radius 2 is 1.72 bits per heavy atom. The van der Waals surface area contributed by atoms with Crippen LogP contribution in [0.15, 0.2) is 41.3 Å². The summed E-state index contributed by atoms with van der Waals surface area (Å²) in [5.74, 6) is -1.75. The van der Waals surface area contributed by atoms with Crippen molar-refractivity contribution in [3.8, 4) is 5.75 Å². The van der Waals surface area contributed by atoms with E-state index in [1.807, 2.05) is 0 Å². The Balaban J connectivity index is 2.41. The van der Waals surface area contributed by atoms with Crippen molar-refractivity contribution in [2.75, 3.05) is 17.7 Å². The van der Waals surface area contributed by atoms with Crippen LogP contribution in [-0.4, -0.2) is 33.4 Å². The summed E-state index contributed by atoms with van der Waals surface area (Å²) in [7, 11) is -2.49. The second kappa shape index (κ2) is 9.01. The van der Waals surface area contributed by atoms with Crippen molar-refractivity contribution in [3.05, 3.63) is 47.8 Å². The maximum absolute atomic E-state index is 14.3. The van der Waals surface area contributed by atoms with Crippen LogP contribution >= 0.6 is 0 Å². The number of nitrogens with one attached hydrogen (secondary N) is 3. The van der Waals surface area contributed by atoms with Crippen molar-refractivity contribution in [2.24, 2.45) is 0 Å². The van der Waals surface area contributed by atoms with Crippen LogP contribution in [0.25, 0.3) is 0 Å². The molecule has 0 saturated carbocycles. The van der Waals surface area contributed by atoms with Crippen LogP contribution in [0.1, 0.15) is 31.1 Å². The van der Waals surface area contributed by atoms with Gasteiger partial charge < -0.3 is 15.4 Å². The summed E-state index contributed by atoms with van der Waals surface area (Å²) >= 11 is 0. The molecule has 0 radical (unpaired) electrons. The van der Waals surface area contributed by atoms with Crippen molar-refractivity contribution in [1.29, 1.82) is 0 Å². The van der Waals surface area contributed by atoms with E-state index in [-0.39, 0.29) is 28.2 Å². The summed E-state index contributed by atoms with van der Waals surface area (Å²) in [5, 5.41) is 5.02. The molecule has 0 aliphatic carbocycles. The minimum absolute atomic E-state index is 0.164. The molecule has 29 heavy (non-hydrogen) atoms. The van der Waals surface area contributed by atoms with E-state index in [0.29, 0.717) is 5.75 Å². The van der Waals surface area contributed by atoms with E-state index < -0.39 is 27.3 Å². The van der Waals surface area contributed by atoms with Crippen LogP contribution in [-0.2, 0) is 14.8 Å². The van der Waals surface area contributed by atoms with Crippen LogP contribution in [0.4, 0.5) is 15.8 Å². The van der Waals surface area contributed by atoms with E-state index in [0.717, 1.165) is 18.2 Å². The fourth-order valence-electron chi connectivity index (χ4n) is 2.47. The van der Waals surface area contributed by atoms with Crippen LogP contribution in [0.5, 0.6) is 5.75 Å². The lowest BCUT2D eigenvalue weighted by Crippen LogP contribution is -2.30. The van der Waals surface area contributed by atoms with Crippen LogP contribution in [0, 0.1) is 5.82 Å². The second-order valence-corrected chi connectivity index (χ2v) is 8.18. The third kappa shape index (κ3) is 5.75. The molecule has 8 nitrogen and oxygen atoms in total. The van der Waals surface area contributed by atoms with Gasteiger partial charge in [0.2, 0.25) is 15.9 Å². The number of amides is 2. The van der Waals surface area contributed by atoms with Gasteiger partial charge in [0.1, 0.15) is 11.6 Å². The Morgan fingerprint density at radius 1 is 1.03 bits per heavy atom. The zero-order valence-electron chi connectivity index (χ0n) is 16.4. The average molecular weight is 423 g/mol. The molecule has 3 N–H and O–H groups in total. The van der Waals surface area contributed by atoms with Gasteiger partial charge in [0, 0.05) is 19.0 Å². The fraction of sp³-hybridized carbons (Fsp3) is 0.263. The lowest BCUT2D eigenvalue weighted by atomic mass is 10.2. The number of rotatable bonds is 7. The normalized spacial score (nSPS) is 11.2. The molecule has 0 unspecified atom stereocenters. The maximum atomic E-state index is 14.3. The van der Waals surface area contributed by atoms with Gasteiger partial charge in [-0.3, -0.25) is 9.59 Å². The summed E-state index contributed by atoms with van der Waals surface area (Å²) in [6.45, 7) is 4.58. The van der Waals surface area contributed by atoms with Gasteiger partial charge in [-0.1, -0.05) is 0 Å². The lowest BCUT2D eigenvalue weighted by Gasteiger charge is -2.14. The number of methoxy groups -OCH3 is 1. The summed E-state index contributed by atoms with van der Waals surface area (Å²) in [4.78, 5) is 23.8. The van der Waals surface area contributed by atoms with Gasteiger partial charge in [-0.05, 0) is 44.2 Å². The molecule has 2 aromatic rings. The highest BCUT2D eigenvalue weighted by atomic mass is 32.2. The summed E-state index contributed by atoms with van der Waals surface area (Å²) in [6, 6.07) is 7.09. The van der Waals surface area contributed by atoms with Crippen molar-refractivity contribution in [3.63, 3.8) is 0 Å². The van der Waals surface area contributed by atoms with Gasteiger partial charge in [-0.25, -0.2) is 17.5 Å². The highest BCUT2D eigenvalue weighted by molar-refractivity contribution is 7.89. The molecule has 2 amide bonds. The Kier molecular flexibility index (Phi) is 6.93. The predicted octanol–water partition coefficient (Wildman–Crippen LogP) is 2.73. The number of carbonyl (C=O) groups is 2. The number of carbonyl (C=O) groups excluding carboxylic acids is 2. The molecule has 10 heteroatoms. The van der Waals surface area contributed by atoms with Gasteiger partial charge >= 0.3 is 0 Å². The topological polar surface area (TPSA) is 114 Å². The molecule has 0 spiro atoms. The zero-order chi connectivity index (χ0) is 21.8. The number of anilines is 2. The SMILES string of the molecule is COc1ccc(NC(C)=O)c(NC(=O)c2cc(S(=O)(=O)NC(C)C)ccc2F)c1. The second-order valence-electron chi connectivity index (χ2n) is 6.46. The molecule has 0 fully saturated rings. The van der Waals surface area contributed by atoms with Crippen molar-refractivity contribution in [2.45, 2.75) is 31.7 Å². The number of sulfonamides is 1.